The molecule has 0 bridgehead atoms. The van der Waals surface area contributed by atoms with Gasteiger partial charge in [-0.1, -0.05) is 24.3 Å². The second kappa shape index (κ2) is 9.36. The molecule has 0 saturated heterocycles. The van der Waals surface area contributed by atoms with E-state index >= 15 is 0 Å². The first-order chi connectivity index (χ1) is 15.1. The summed E-state index contributed by atoms with van der Waals surface area (Å²) < 4.78 is 0. The number of hydrogen-bond acceptors (Lipinski definition) is 7. The molecule has 7 nitrogen and oxygen atoms in total. The third kappa shape index (κ3) is 4.87. The molecule has 0 spiro atoms. The molecule has 0 unspecified atom stereocenters. The quantitative estimate of drug-likeness (QED) is 0.331. The third-order valence-corrected chi connectivity index (χ3v) is 5.27. The molecule has 0 aliphatic heterocycles. The number of carbonyl (C=O) groups is 1. The normalized spacial score (nSPS) is 10.5. The summed E-state index contributed by atoms with van der Waals surface area (Å²) in [6.45, 7) is 1.99. The highest BCUT2D eigenvalue weighted by Gasteiger charge is 2.12. The van der Waals surface area contributed by atoms with E-state index in [-0.39, 0.29) is 5.91 Å². The predicted octanol–water partition coefficient (Wildman–Crippen LogP) is 4.96. The summed E-state index contributed by atoms with van der Waals surface area (Å²) in [6.07, 6.45) is 6.70. The van der Waals surface area contributed by atoms with Crippen molar-refractivity contribution in [3.8, 4) is 11.3 Å². The Morgan fingerprint density at radius 2 is 1.81 bits per heavy atom. The minimum atomic E-state index is -0.163. The Balaban J connectivity index is 1.61. The summed E-state index contributed by atoms with van der Waals surface area (Å²) in [5, 5.41) is 7.16. The molecule has 2 aromatic heterocycles. The number of aryl methyl sites for hydroxylation is 1. The van der Waals surface area contributed by atoms with Gasteiger partial charge < -0.3 is 10.6 Å². The molecule has 0 atom stereocenters. The van der Waals surface area contributed by atoms with Gasteiger partial charge in [0.15, 0.2) is 0 Å². The number of rotatable bonds is 6. The van der Waals surface area contributed by atoms with Crippen molar-refractivity contribution in [1.29, 1.82) is 0 Å². The average Bonchev–Trinajstić information content (AvgIpc) is 2.82. The zero-order chi connectivity index (χ0) is 21.6. The van der Waals surface area contributed by atoms with Crippen molar-refractivity contribution >= 4 is 34.9 Å². The lowest BCUT2D eigenvalue weighted by Gasteiger charge is -2.14. The topological polar surface area (TPSA) is 92.7 Å². The van der Waals surface area contributed by atoms with Crippen LogP contribution in [0.5, 0.6) is 0 Å². The summed E-state index contributed by atoms with van der Waals surface area (Å²) in [7, 11) is 0. The Morgan fingerprint density at radius 1 is 0.968 bits per heavy atom. The fourth-order valence-electron chi connectivity index (χ4n) is 2.97. The molecule has 4 rings (SSSR count). The molecule has 8 heteroatoms. The van der Waals surface area contributed by atoms with Crippen molar-refractivity contribution in [3.05, 3.63) is 84.6 Å². The first kappa shape index (κ1) is 20.5. The van der Waals surface area contributed by atoms with Gasteiger partial charge >= 0.3 is 0 Å². The molecule has 4 aromatic rings. The van der Waals surface area contributed by atoms with E-state index in [2.05, 4.69) is 30.6 Å². The van der Waals surface area contributed by atoms with E-state index in [0.717, 1.165) is 27.5 Å². The molecule has 31 heavy (non-hydrogen) atoms. The number of hydrogen-bond donors (Lipinski definition) is 2. The van der Waals surface area contributed by atoms with Gasteiger partial charge in [0.05, 0.1) is 16.3 Å². The monoisotopic (exact) mass is 428 g/mol. The molecule has 2 N–H and O–H groups in total. The first-order valence-corrected chi connectivity index (χ1v) is 10.8. The zero-order valence-electron chi connectivity index (χ0n) is 17.0. The number of anilines is 3. The van der Waals surface area contributed by atoms with Crippen molar-refractivity contribution < 1.29 is 4.79 Å². The number of thioether (sulfide) groups is 1. The molecule has 2 heterocycles. The lowest BCUT2D eigenvalue weighted by molar-refractivity contribution is 0.102. The largest absolute Gasteiger partial charge is 0.339 e. The lowest BCUT2D eigenvalue weighted by atomic mass is 10.1. The Morgan fingerprint density at radius 3 is 2.61 bits per heavy atom. The highest BCUT2D eigenvalue weighted by atomic mass is 32.2. The van der Waals surface area contributed by atoms with Crippen LogP contribution in [0.1, 0.15) is 15.9 Å². The number of carbonyl (C=O) groups excluding carboxylic acids is 1. The van der Waals surface area contributed by atoms with Gasteiger partial charge in [-0.25, -0.2) is 19.9 Å². The Kier molecular flexibility index (Phi) is 6.18. The van der Waals surface area contributed by atoms with Crippen molar-refractivity contribution in [1.82, 2.24) is 19.9 Å². The van der Waals surface area contributed by atoms with Gasteiger partial charge in [0, 0.05) is 23.1 Å². The predicted molar refractivity (Wildman–Crippen MR) is 124 cm³/mol. The smallest absolute Gasteiger partial charge is 0.255 e. The van der Waals surface area contributed by atoms with E-state index in [4.69, 9.17) is 0 Å². The second-order valence-corrected chi connectivity index (χ2v) is 7.53. The van der Waals surface area contributed by atoms with Crippen molar-refractivity contribution in [2.24, 2.45) is 0 Å². The summed E-state index contributed by atoms with van der Waals surface area (Å²) >= 11 is 1.54. The molecular weight excluding hydrogens is 408 g/mol. The number of benzene rings is 2. The Hall–Kier alpha value is -3.78. The summed E-state index contributed by atoms with van der Waals surface area (Å²) in [4.78, 5) is 29.7. The highest BCUT2D eigenvalue weighted by molar-refractivity contribution is 7.98. The van der Waals surface area contributed by atoms with E-state index in [1.807, 2.05) is 55.6 Å². The van der Waals surface area contributed by atoms with E-state index in [1.54, 1.807) is 30.1 Å². The van der Waals surface area contributed by atoms with Gasteiger partial charge in [0.2, 0.25) is 0 Å². The molecule has 0 aliphatic carbocycles. The Bertz CT molecular complexity index is 1220. The van der Waals surface area contributed by atoms with Crippen LogP contribution in [0.25, 0.3) is 11.3 Å². The highest BCUT2D eigenvalue weighted by Crippen LogP contribution is 2.30. The van der Waals surface area contributed by atoms with Crippen LogP contribution in [0.3, 0.4) is 0 Å². The minimum absolute atomic E-state index is 0.163. The molecule has 0 aliphatic rings. The third-order valence-electron chi connectivity index (χ3n) is 4.62. The average molecular weight is 429 g/mol. The fraction of sp³-hybridized carbons (Fsp3) is 0.0870. The van der Waals surface area contributed by atoms with Crippen molar-refractivity contribution in [2.45, 2.75) is 11.9 Å². The van der Waals surface area contributed by atoms with Gasteiger partial charge in [-0.15, -0.1) is 11.8 Å². The Labute approximate surface area is 184 Å². The van der Waals surface area contributed by atoms with Crippen LogP contribution >= 0.6 is 11.8 Å². The maximum Gasteiger partial charge on any atom is 0.255 e. The SMILES string of the molecule is CSc1cc(-c2cncnc2Nc2cc(NC(=O)c3ccccc3)ccc2C)ncn1. The maximum absolute atomic E-state index is 12.5. The lowest BCUT2D eigenvalue weighted by Crippen LogP contribution is -2.12. The van der Waals surface area contributed by atoms with Crippen molar-refractivity contribution in [3.63, 3.8) is 0 Å². The van der Waals surface area contributed by atoms with Gasteiger partial charge in [-0.2, -0.15) is 0 Å². The summed E-state index contributed by atoms with van der Waals surface area (Å²) in [6, 6.07) is 16.7. The molecule has 154 valence electrons. The molecule has 0 radical (unpaired) electrons. The van der Waals surface area contributed by atoms with Crippen LogP contribution in [-0.4, -0.2) is 32.1 Å². The first-order valence-electron chi connectivity index (χ1n) is 9.54. The molecule has 0 fully saturated rings. The van der Waals surface area contributed by atoms with E-state index < -0.39 is 0 Å². The second-order valence-electron chi connectivity index (χ2n) is 6.71. The molecule has 0 saturated carbocycles. The van der Waals surface area contributed by atoms with E-state index in [9.17, 15) is 4.79 Å². The zero-order valence-corrected chi connectivity index (χ0v) is 17.9. The van der Waals surface area contributed by atoms with Crippen molar-refractivity contribution in [2.75, 3.05) is 16.9 Å². The molecular formula is C23H20N6OS. The molecule has 1 amide bonds. The number of aromatic nitrogens is 4. The van der Waals surface area contributed by atoms with Crippen LogP contribution in [-0.2, 0) is 0 Å². The standard InChI is InChI=1S/C23H20N6OS/c1-15-8-9-17(28-23(30)16-6-4-3-5-7-16)10-19(15)29-22-18(12-24-13-27-22)20-11-21(31-2)26-14-25-20/h3-14H,1-2H3,(H,28,30)(H,24,27,29). The summed E-state index contributed by atoms with van der Waals surface area (Å²) in [5.41, 5.74) is 4.61. The fourth-order valence-corrected chi connectivity index (χ4v) is 3.35. The van der Waals surface area contributed by atoms with Crippen LogP contribution in [0, 0.1) is 6.92 Å². The van der Waals surface area contributed by atoms with Gasteiger partial charge in [-0.05, 0) is 49.1 Å². The van der Waals surface area contributed by atoms with E-state index in [0.29, 0.717) is 17.1 Å². The van der Waals surface area contributed by atoms with Crippen LogP contribution in [0.4, 0.5) is 17.2 Å². The number of nitrogens with one attached hydrogen (secondary N) is 2. The van der Waals surface area contributed by atoms with Gasteiger partial charge in [0.1, 0.15) is 18.5 Å². The minimum Gasteiger partial charge on any atom is -0.339 e. The number of nitrogens with zero attached hydrogens (tertiary/aromatic N) is 4. The van der Waals surface area contributed by atoms with Crippen LogP contribution in [0.15, 0.2) is 78.5 Å². The van der Waals surface area contributed by atoms with Gasteiger partial charge in [0.25, 0.3) is 5.91 Å². The molecule has 2 aromatic carbocycles. The maximum atomic E-state index is 12.5. The van der Waals surface area contributed by atoms with Crippen LogP contribution in [0.2, 0.25) is 0 Å². The number of amides is 1. The van der Waals surface area contributed by atoms with Gasteiger partial charge in [-0.3, -0.25) is 4.79 Å². The van der Waals surface area contributed by atoms with Crippen LogP contribution < -0.4 is 10.6 Å². The summed E-state index contributed by atoms with van der Waals surface area (Å²) in [5.74, 6) is 0.457. The van der Waals surface area contributed by atoms with E-state index in [1.165, 1.54) is 12.7 Å².